The second kappa shape index (κ2) is 7.65. The van der Waals surface area contributed by atoms with Crippen LogP contribution in [0, 0.1) is 6.92 Å². The fourth-order valence-electron chi connectivity index (χ4n) is 1.85. The molecule has 22 heavy (non-hydrogen) atoms. The minimum Gasteiger partial charge on any atom is -0.467 e. The van der Waals surface area contributed by atoms with Gasteiger partial charge in [-0.15, -0.1) is 11.3 Å². The molecule has 7 heteroatoms. The van der Waals surface area contributed by atoms with E-state index < -0.39 is 6.03 Å². The predicted molar refractivity (Wildman–Crippen MR) is 84.6 cm³/mol. The number of amides is 3. The Kier molecular flexibility index (Phi) is 5.60. The molecule has 0 saturated heterocycles. The van der Waals surface area contributed by atoms with Gasteiger partial charge in [0.15, 0.2) is 0 Å². The first-order valence-electron chi connectivity index (χ1n) is 6.94. The molecule has 6 nitrogen and oxygen atoms in total. The molecule has 1 atom stereocenters. The molecule has 0 bridgehead atoms. The molecule has 0 aliphatic rings. The number of carbonyl (C=O) groups excluding carboxylic acids is 2. The van der Waals surface area contributed by atoms with Crippen LogP contribution in [0.5, 0.6) is 0 Å². The second-order valence-corrected chi connectivity index (χ2v) is 6.17. The number of rotatable bonds is 6. The Labute approximate surface area is 132 Å². The van der Waals surface area contributed by atoms with Crippen molar-refractivity contribution in [3.8, 4) is 0 Å². The van der Waals surface area contributed by atoms with Gasteiger partial charge in [0.2, 0.25) is 5.91 Å². The number of urea groups is 1. The predicted octanol–water partition coefficient (Wildman–Crippen LogP) is 2.33. The van der Waals surface area contributed by atoms with Crippen LogP contribution in [-0.4, -0.2) is 18.5 Å². The maximum Gasteiger partial charge on any atom is 0.315 e. The van der Waals surface area contributed by atoms with Gasteiger partial charge in [0.05, 0.1) is 25.4 Å². The minimum absolute atomic E-state index is 0.0702. The summed E-state index contributed by atoms with van der Waals surface area (Å²) in [6.45, 7) is 4.15. The van der Waals surface area contributed by atoms with Crippen molar-refractivity contribution in [3.05, 3.63) is 46.0 Å². The molecule has 2 rings (SSSR count). The highest BCUT2D eigenvalue weighted by atomic mass is 32.1. The SMILES string of the molecule is Cc1ccc([C@@H](C)NC(=O)CNC(=O)NCc2ccco2)s1. The number of aryl methyl sites for hydroxylation is 1. The topological polar surface area (TPSA) is 83.4 Å². The zero-order chi connectivity index (χ0) is 15.9. The number of thiophene rings is 1. The first-order valence-corrected chi connectivity index (χ1v) is 7.76. The lowest BCUT2D eigenvalue weighted by atomic mass is 10.2. The molecule has 0 unspecified atom stereocenters. The summed E-state index contributed by atoms with van der Waals surface area (Å²) in [5.74, 6) is 0.424. The van der Waals surface area contributed by atoms with Gasteiger partial charge in [-0.1, -0.05) is 0 Å². The summed E-state index contributed by atoms with van der Waals surface area (Å²) < 4.78 is 5.09. The molecule has 0 spiro atoms. The molecule has 0 radical (unpaired) electrons. The Hall–Kier alpha value is -2.28. The van der Waals surface area contributed by atoms with E-state index in [0.717, 1.165) is 4.88 Å². The molecule has 3 N–H and O–H groups in total. The van der Waals surface area contributed by atoms with E-state index in [1.165, 1.54) is 11.1 Å². The molecule has 2 aromatic rings. The molecular weight excluding hydrogens is 302 g/mol. The number of carbonyl (C=O) groups is 2. The van der Waals surface area contributed by atoms with Gasteiger partial charge in [0, 0.05) is 9.75 Å². The largest absolute Gasteiger partial charge is 0.467 e. The quantitative estimate of drug-likeness (QED) is 0.763. The first-order chi connectivity index (χ1) is 10.5. The van der Waals surface area contributed by atoms with Crippen LogP contribution in [0.4, 0.5) is 4.79 Å². The standard InChI is InChI=1S/C15H19N3O3S/c1-10-5-6-13(22-10)11(2)18-14(19)9-17-15(20)16-8-12-4-3-7-21-12/h3-7,11H,8-9H2,1-2H3,(H,18,19)(H2,16,17,20)/t11-/m1/s1. The number of furan rings is 1. The van der Waals surface area contributed by atoms with E-state index >= 15 is 0 Å². The van der Waals surface area contributed by atoms with Crippen molar-refractivity contribution in [2.45, 2.75) is 26.4 Å². The lowest BCUT2D eigenvalue weighted by Crippen LogP contribution is -2.42. The van der Waals surface area contributed by atoms with Crippen molar-refractivity contribution >= 4 is 23.3 Å². The van der Waals surface area contributed by atoms with Gasteiger partial charge in [-0.2, -0.15) is 0 Å². The molecule has 2 aromatic heterocycles. The highest BCUT2D eigenvalue weighted by molar-refractivity contribution is 7.12. The van der Waals surface area contributed by atoms with Crippen molar-refractivity contribution in [3.63, 3.8) is 0 Å². The Balaban J connectivity index is 1.67. The monoisotopic (exact) mass is 321 g/mol. The highest BCUT2D eigenvalue weighted by Crippen LogP contribution is 2.21. The molecule has 0 fully saturated rings. The fourth-order valence-corrected chi connectivity index (χ4v) is 2.73. The molecule has 0 aromatic carbocycles. The summed E-state index contributed by atoms with van der Waals surface area (Å²) in [7, 11) is 0. The van der Waals surface area contributed by atoms with Crippen LogP contribution in [0.3, 0.4) is 0 Å². The average molecular weight is 321 g/mol. The number of hydrogen-bond acceptors (Lipinski definition) is 4. The maximum absolute atomic E-state index is 11.8. The lowest BCUT2D eigenvalue weighted by Gasteiger charge is -2.13. The van der Waals surface area contributed by atoms with E-state index in [1.54, 1.807) is 23.5 Å². The first kappa shape index (κ1) is 16.1. The van der Waals surface area contributed by atoms with E-state index in [0.29, 0.717) is 5.76 Å². The second-order valence-electron chi connectivity index (χ2n) is 4.85. The van der Waals surface area contributed by atoms with E-state index in [1.807, 2.05) is 26.0 Å². The van der Waals surface area contributed by atoms with E-state index in [4.69, 9.17) is 4.42 Å². The fraction of sp³-hybridized carbons (Fsp3) is 0.333. The van der Waals surface area contributed by atoms with Crippen molar-refractivity contribution in [1.29, 1.82) is 0 Å². The van der Waals surface area contributed by atoms with Crippen LogP contribution in [0.1, 0.15) is 28.5 Å². The van der Waals surface area contributed by atoms with Gasteiger partial charge in [-0.3, -0.25) is 4.79 Å². The molecule has 2 heterocycles. The van der Waals surface area contributed by atoms with Crippen molar-refractivity contribution < 1.29 is 14.0 Å². The lowest BCUT2D eigenvalue weighted by molar-refractivity contribution is -0.120. The molecule has 0 saturated carbocycles. The van der Waals surface area contributed by atoms with Gasteiger partial charge in [-0.25, -0.2) is 4.79 Å². The zero-order valence-electron chi connectivity index (χ0n) is 12.5. The van der Waals surface area contributed by atoms with Gasteiger partial charge >= 0.3 is 6.03 Å². The smallest absolute Gasteiger partial charge is 0.315 e. The minimum atomic E-state index is -0.411. The van der Waals surface area contributed by atoms with Crippen LogP contribution < -0.4 is 16.0 Å². The Morgan fingerprint density at radius 2 is 2.09 bits per heavy atom. The van der Waals surface area contributed by atoms with Crippen molar-refractivity contribution in [2.75, 3.05) is 6.54 Å². The van der Waals surface area contributed by atoms with Gasteiger partial charge in [-0.05, 0) is 38.1 Å². The summed E-state index contributed by atoms with van der Waals surface area (Å²) >= 11 is 1.64. The van der Waals surface area contributed by atoms with Crippen LogP contribution >= 0.6 is 11.3 Å². The third-order valence-electron chi connectivity index (χ3n) is 2.98. The third kappa shape index (κ3) is 4.92. The number of nitrogens with one attached hydrogen (secondary N) is 3. The molecule has 118 valence electrons. The summed E-state index contributed by atoms with van der Waals surface area (Å²) in [5.41, 5.74) is 0. The van der Waals surface area contributed by atoms with E-state index in [2.05, 4.69) is 16.0 Å². The Morgan fingerprint density at radius 3 is 2.73 bits per heavy atom. The molecule has 0 aliphatic heterocycles. The van der Waals surface area contributed by atoms with Crippen molar-refractivity contribution in [2.24, 2.45) is 0 Å². The van der Waals surface area contributed by atoms with Crippen molar-refractivity contribution in [1.82, 2.24) is 16.0 Å². The number of hydrogen-bond donors (Lipinski definition) is 3. The third-order valence-corrected chi connectivity index (χ3v) is 4.16. The Morgan fingerprint density at radius 1 is 1.27 bits per heavy atom. The van der Waals surface area contributed by atoms with Gasteiger partial charge < -0.3 is 20.4 Å². The highest BCUT2D eigenvalue weighted by Gasteiger charge is 2.12. The Bertz CT molecular complexity index is 622. The van der Waals surface area contributed by atoms with Gasteiger partial charge in [0.1, 0.15) is 5.76 Å². The zero-order valence-corrected chi connectivity index (χ0v) is 13.3. The molecular formula is C15H19N3O3S. The van der Waals surface area contributed by atoms with Crippen LogP contribution in [0.15, 0.2) is 34.9 Å². The average Bonchev–Trinajstić information content (AvgIpc) is 3.14. The summed E-state index contributed by atoms with van der Waals surface area (Å²) in [6.07, 6.45) is 1.54. The summed E-state index contributed by atoms with van der Waals surface area (Å²) in [4.78, 5) is 25.7. The van der Waals surface area contributed by atoms with E-state index in [-0.39, 0.29) is 25.0 Å². The van der Waals surface area contributed by atoms with Crippen LogP contribution in [-0.2, 0) is 11.3 Å². The summed E-state index contributed by atoms with van der Waals surface area (Å²) in [5, 5.41) is 7.96. The molecule has 3 amide bonds. The van der Waals surface area contributed by atoms with E-state index in [9.17, 15) is 9.59 Å². The normalized spacial score (nSPS) is 11.7. The van der Waals surface area contributed by atoms with Gasteiger partial charge in [0.25, 0.3) is 0 Å². The molecule has 0 aliphatic carbocycles. The maximum atomic E-state index is 11.8. The van der Waals surface area contributed by atoms with Crippen LogP contribution in [0.25, 0.3) is 0 Å². The summed E-state index contributed by atoms with van der Waals surface area (Å²) in [6, 6.07) is 7.04. The van der Waals surface area contributed by atoms with Crippen LogP contribution in [0.2, 0.25) is 0 Å².